The lowest BCUT2D eigenvalue weighted by molar-refractivity contribution is 0.137. The molecule has 15 heavy (non-hydrogen) atoms. The Hall–Kier alpha value is -0.820. The minimum Gasteiger partial charge on any atom is -0.316 e. The van der Waals surface area contributed by atoms with Gasteiger partial charge in [-0.25, -0.2) is 0 Å². The summed E-state index contributed by atoms with van der Waals surface area (Å²) in [4.78, 5) is 0. The first-order valence-corrected chi connectivity index (χ1v) is 6.08. The van der Waals surface area contributed by atoms with E-state index >= 15 is 0 Å². The van der Waals surface area contributed by atoms with Crippen molar-refractivity contribution >= 4 is 0 Å². The van der Waals surface area contributed by atoms with E-state index in [1.54, 1.807) is 5.56 Å². The van der Waals surface area contributed by atoms with Crippen LogP contribution in [0.1, 0.15) is 36.3 Å². The lowest BCUT2D eigenvalue weighted by Gasteiger charge is -2.43. The van der Waals surface area contributed by atoms with Crippen molar-refractivity contribution in [3.05, 3.63) is 35.4 Å². The van der Waals surface area contributed by atoms with Crippen LogP contribution in [-0.4, -0.2) is 13.1 Å². The standard InChI is InChI=1S/C14H19N/c1-11-5-2-3-6-12(11)13-9-15-10-14(13)7-4-8-14/h2-3,5-6,13,15H,4,7-10H2,1H3. The number of hydrogen-bond acceptors (Lipinski definition) is 1. The molecule has 1 saturated carbocycles. The molecule has 1 aromatic rings. The maximum absolute atomic E-state index is 3.59. The lowest BCUT2D eigenvalue weighted by atomic mass is 9.61. The second-order valence-corrected chi connectivity index (χ2v) is 5.26. The Morgan fingerprint density at radius 3 is 2.73 bits per heavy atom. The van der Waals surface area contributed by atoms with E-state index in [-0.39, 0.29) is 0 Å². The molecule has 1 heterocycles. The number of rotatable bonds is 1. The third kappa shape index (κ3) is 1.33. The van der Waals surface area contributed by atoms with Gasteiger partial charge in [0.25, 0.3) is 0 Å². The quantitative estimate of drug-likeness (QED) is 0.736. The van der Waals surface area contributed by atoms with Crippen molar-refractivity contribution in [3.63, 3.8) is 0 Å². The molecule has 1 aromatic carbocycles. The third-order valence-electron chi connectivity index (χ3n) is 4.48. The van der Waals surface area contributed by atoms with Crippen molar-refractivity contribution in [3.8, 4) is 0 Å². The van der Waals surface area contributed by atoms with Gasteiger partial charge in [-0.15, -0.1) is 0 Å². The van der Waals surface area contributed by atoms with Crippen molar-refractivity contribution < 1.29 is 0 Å². The number of hydrogen-bond donors (Lipinski definition) is 1. The smallest absolute Gasteiger partial charge is 0.00347 e. The molecule has 1 aliphatic carbocycles. The molecule has 1 saturated heterocycles. The molecule has 1 N–H and O–H groups in total. The minimum absolute atomic E-state index is 0.617. The van der Waals surface area contributed by atoms with Crippen molar-refractivity contribution in [2.45, 2.75) is 32.1 Å². The molecule has 2 aliphatic rings. The van der Waals surface area contributed by atoms with Crippen LogP contribution >= 0.6 is 0 Å². The van der Waals surface area contributed by atoms with E-state index in [4.69, 9.17) is 0 Å². The van der Waals surface area contributed by atoms with Crippen molar-refractivity contribution in [2.75, 3.05) is 13.1 Å². The Kier molecular flexibility index (Phi) is 2.10. The zero-order valence-electron chi connectivity index (χ0n) is 9.42. The van der Waals surface area contributed by atoms with Gasteiger partial charge in [-0.3, -0.25) is 0 Å². The van der Waals surface area contributed by atoms with E-state index in [1.807, 2.05) is 0 Å². The number of benzene rings is 1. The van der Waals surface area contributed by atoms with Crippen LogP contribution in [0.2, 0.25) is 0 Å². The summed E-state index contributed by atoms with van der Waals surface area (Å²) in [5.41, 5.74) is 3.67. The highest BCUT2D eigenvalue weighted by Gasteiger charge is 2.47. The fraction of sp³-hybridized carbons (Fsp3) is 0.571. The van der Waals surface area contributed by atoms with Gasteiger partial charge in [0.15, 0.2) is 0 Å². The van der Waals surface area contributed by atoms with Crippen molar-refractivity contribution in [1.82, 2.24) is 5.32 Å². The van der Waals surface area contributed by atoms with Crippen LogP contribution in [0.5, 0.6) is 0 Å². The van der Waals surface area contributed by atoms with Crippen LogP contribution < -0.4 is 5.32 Å². The molecule has 0 amide bonds. The summed E-state index contributed by atoms with van der Waals surface area (Å²) in [5, 5.41) is 3.59. The zero-order valence-corrected chi connectivity index (χ0v) is 9.42. The van der Waals surface area contributed by atoms with Gasteiger partial charge in [0.1, 0.15) is 0 Å². The van der Waals surface area contributed by atoms with Crippen LogP contribution in [0.15, 0.2) is 24.3 Å². The van der Waals surface area contributed by atoms with E-state index < -0.39 is 0 Å². The van der Waals surface area contributed by atoms with E-state index in [2.05, 4.69) is 36.5 Å². The summed E-state index contributed by atoms with van der Waals surface area (Å²) < 4.78 is 0. The van der Waals surface area contributed by atoms with Gasteiger partial charge in [0.05, 0.1) is 0 Å². The molecule has 1 unspecified atom stereocenters. The van der Waals surface area contributed by atoms with E-state index in [1.165, 1.54) is 37.9 Å². The molecule has 1 heteroatoms. The second kappa shape index (κ2) is 3.34. The van der Waals surface area contributed by atoms with Crippen molar-refractivity contribution in [2.24, 2.45) is 5.41 Å². The highest BCUT2D eigenvalue weighted by molar-refractivity contribution is 5.33. The van der Waals surface area contributed by atoms with E-state index in [0.29, 0.717) is 5.41 Å². The van der Waals surface area contributed by atoms with Gasteiger partial charge < -0.3 is 5.32 Å². The average molecular weight is 201 g/mol. The second-order valence-electron chi connectivity index (χ2n) is 5.26. The summed E-state index contributed by atoms with van der Waals surface area (Å²) in [6.07, 6.45) is 4.29. The van der Waals surface area contributed by atoms with Crippen LogP contribution in [0.3, 0.4) is 0 Å². The Balaban J connectivity index is 1.96. The summed E-state index contributed by atoms with van der Waals surface area (Å²) in [7, 11) is 0. The topological polar surface area (TPSA) is 12.0 Å². The highest BCUT2D eigenvalue weighted by atomic mass is 14.9. The van der Waals surface area contributed by atoms with Gasteiger partial charge in [0, 0.05) is 19.0 Å². The predicted octanol–water partition coefficient (Wildman–Crippen LogP) is 2.85. The van der Waals surface area contributed by atoms with Gasteiger partial charge in [0.2, 0.25) is 0 Å². The fourth-order valence-corrected chi connectivity index (χ4v) is 3.38. The maximum Gasteiger partial charge on any atom is 0.00347 e. The van der Waals surface area contributed by atoms with Crippen molar-refractivity contribution in [1.29, 1.82) is 0 Å². The fourth-order valence-electron chi connectivity index (χ4n) is 3.38. The van der Waals surface area contributed by atoms with E-state index in [9.17, 15) is 0 Å². The maximum atomic E-state index is 3.59. The summed E-state index contributed by atoms with van der Waals surface area (Å²) in [6, 6.07) is 8.91. The molecule has 1 atom stereocenters. The van der Waals surface area contributed by atoms with Crippen LogP contribution in [0.4, 0.5) is 0 Å². The Labute approximate surface area is 91.9 Å². The van der Waals surface area contributed by atoms with Gasteiger partial charge in [-0.2, -0.15) is 0 Å². The monoisotopic (exact) mass is 201 g/mol. The zero-order chi connectivity index (χ0) is 10.3. The predicted molar refractivity (Wildman–Crippen MR) is 63.1 cm³/mol. The first-order valence-electron chi connectivity index (χ1n) is 6.08. The molecule has 80 valence electrons. The average Bonchev–Trinajstić information content (AvgIpc) is 2.62. The SMILES string of the molecule is Cc1ccccc1C1CNCC12CCC2. The molecule has 0 aromatic heterocycles. The van der Waals surface area contributed by atoms with Gasteiger partial charge in [-0.1, -0.05) is 30.7 Å². The lowest BCUT2D eigenvalue weighted by Crippen LogP contribution is -2.36. The Morgan fingerprint density at radius 2 is 2.07 bits per heavy atom. The Bertz CT molecular complexity index is 365. The normalized spacial score (nSPS) is 27.9. The van der Waals surface area contributed by atoms with Gasteiger partial charge >= 0.3 is 0 Å². The Morgan fingerprint density at radius 1 is 1.27 bits per heavy atom. The molecule has 2 fully saturated rings. The largest absolute Gasteiger partial charge is 0.316 e. The molecule has 3 rings (SSSR count). The summed E-state index contributed by atoms with van der Waals surface area (Å²) >= 11 is 0. The molecule has 1 nitrogen and oxygen atoms in total. The molecule has 1 aliphatic heterocycles. The van der Waals surface area contributed by atoms with Crippen LogP contribution in [0, 0.1) is 12.3 Å². The van der Waals surface area contributed by atoms with Crippen LogP contribution in [-0.2, 0) is 0 Å². The number of nitrogens with one attached hydrogen (secondary N) is 1. The summed E-state index contributed by atoms with van der Waals surface area (Å²) in [5.74, 6) is 0.771. The third-order valence-corrected chi connectivity index (χ3v) is 4.48. The molecule has 1 spiro atoms. The molecule has 0 radical (unpaired) electrons. The molecular weight excluding hydrogens is 182 g/mol. The highest BCUT2D eigenvalue weighted by Crippen LogP contribution is 2.53. The minimum atomic E-state index is 0.617. The molecular formula is C14H19N. The van der Waals surface area contributed by atoms with Crippen LogP contribution in [0.25, 0.3) is 0 Å². The van der Waals surface area contributed by atoms with Gasteiger partial charge in [-0.05, 0) is 36.3 Å². The summed E-state index contributed by atoms with van der Waals surface area (Å²) in [6.45, 7) is 4.68. The first-order chi connectivity index (χ1) is 7.32. The first kappa shape index (κ1) is 9.41. The molecule has 0 bridgehead atoms. The number of aryl methyl sites for hydroxylation is 1. The van der Waals surface area contributed by atoms with E-state index in [0.717, 1.165) is 5.92 Å².